The molecule has 184 valence electrons. The summed E-state index contributed by atoms with van der Waals surface area (Å²) in [5, 5.41) is 10.6. The molecule has 1 nitrogen and oxygen atoms in total. The first-order valence-electron chi connectivity index (χ1n) is 14.6. The number of fused-ring (bicyclic) bond motifs is 5. The van der Waals surface area contributed by atoms with Crippen molar-refractivity contribution >= 4 is 0 Å². The Hall–Kier alpha value is -0.0400. The van der Waals surface area contributed by atoms with Gasteiger partial charge in [0.05, 0.1) is 6.10 Å². The molecule has 0 aliphatic heterocycles. The van der Waals surface area contributed by atoms with E-state index in [9.17, 15) is 5.11 Å². The molecule has 5 saturated carbocycles. The van der Waals surface area contributed by atoms with Gasteiger partial charge in [-0.2, -0.15) is 0 Å². The van der Waals surface area contributed by atoms with Crippen LogP contribution in [-0.4, -0.2) is 11.2 Å². The normalized spacial score (nSPS) is 56.8. The maximum atomic E-state index is 10.6. The van der Waals surface area contributed by atoms with Gasteiger partial charge in [0.25, 0.3) is 0 Å². The lowest BCUT2D eigenvalue weighted by atomic mass is 9.43. The second kappa shape index (κ2) is 7.73. The molecule has 1 N–H and O–H groups in total. The van der Waals surface area contributed by atoms with Gasteiger partial charge in [-0.25, -0.2) is 0 Å². The summed E-state index contributed by atoms with van der Waals surface area (Å²) < 4.78 is 0. The van der Waals surface area contributed by atoms with E-state index >= 15 is 0 Å². The summed E-state index contributed by atoms with van der Waals surface area (Å²) in [7, 11) is 0. The zero-order valence-corrected chi connectivity index (χ0v) is 22.7. The Kier molecular flexibility index (Phi) is 5.72. The molecule has 1 heteroatoms. The second-order valence-electron chi connectivity index (χ2n) is 15.0. The van der Waals surface area contributed by atoms with Crippen LogP contribution in [0.5, 0.6) is 0 Å². The minimum Gasteiger partial charge on any atom is -0.393 e. The van der Waals surface area contributed by atoms with Crippen molar-refractivity contribution in [2.24, 2.45) is 75.4 Å². The Balaban J connectivity index is 1.34. The molecule has 13 atom stereocenters. The summed E-state index contributed by atoms with van der Waals surface area (Å²) in [5.74, 6) is 8.63. The molecule has 0 aromatic heterocycles. The van der Waals surface area contributed by atoms with Crippen molar-refractivity contribution < 1.29 is 5.11 Å². The topological polar surface area (TPSA) is 20.2 Å². The van der Waals surface area contributed by atoms with Crippen LogP contribution < -0.4 is 0 Å². The predicted molar refractivity (Wildman–Crippen MR) is 135 cm³/mol. The smallest absolute Gasteiger partial charge is 0.0568 e. The first-order chi connectivity index (χ1) is 14.9. The van der Waals surface area contributed by atoms with Crippen molar-refractivity contribution in [3.05, 3.63) is 0 Å². The number of rotatable bonds is 4. The fourth-order valence-corrected chi connectivity index (χ4v) is 11.4. The SMILES string of the molecule is CC(C)[C@@H](C)[C@@]1(C)C[C@@H]1[C@H](C)[C@H]1CC[C@H]2[C@H]3CC[C@@H]4[C@H](C)[C@@H](O)CC[C@]4(C)[C@@H]3CC[C@]12C. The third-order valence-corrected chi connectivity index (χ3v) is 13.9. The molecule has 0 aromatic carbocycles. The van der Waals surface area contributed by atoms with Crippen LogP contribution in [0.15, 0.2) is 0 Å². The van der Waals surface area contributed by atoms with Gasteiger partial charge >= 0.3 is 0 Å². The van der Waals surface area contributed by atoms with Gasteiger partial charge in [0.2, 0.25) is 0 Å². The fraction of sp³-hybridized carbons (Fsp3) is 1.00. The van der Waals surface area contributed by atoms with E-state index in [0.717, 1.165) is 59.7 Å². The lowest BCUT2D eigenvalue weighted by Gasteiger charge is -2.62. The van der Waals surface area contributed by atoms with Gasteiger partial charge in [-0.05, 0) is 133 Å². The first-order valence-corrected chi connectivity index (χ1v) is 14.6. The Morgan fingerprint density at radius 1 is 0.719 bits per heavy atom. The first kappa shape index (κ1) is 23.7. The Morgan fingerprint density at radius 3 is 2.03 bits per heavy atom. The molecule has 5 aliphatic carbocycles. The highest BCUT2D eigenvalue weighted by Gasteiger charge is 2.64. The molecule has 0 saturated heterocycles. The van der Waals surface area contributed by atoms with Crippen LogP contribution in [0.4, 0.5) is 0 Å². The largest absolute Gasteiger partial charge is 0.393 e. The van der Waals surface area contributed by atoms with Crippen LogP contribution in [0.25, 0.3) is 0 Å². The number of aliphatic hydroxyl groups excluding tert-OH is 1. The highest BCUT2D eigenvalue weighted by Crippen LogP contribution is 2.72. The van der Waals surface area contributed by atoms with Crippen LogP contribution in [0.3, 0.4) is 0 Å². The van der Waals surface area contributed by atoms with E-state index in [1.54, 1.807) is 0 Å². The van der Waals surface area contributed by atoms with Gasteiger partial charge in [-0.3, -0.25) is 0 Å². The number of aliphatic hydroxyl groups is 1. The molecule has 0 radical (unpaired) electrons. The maximum absolute atomic E-state index is 10.6. The zero-order chi connectivity index (χ0) is 23.2. The van der Waals surface area contributed by atoms with E-state index in [1.165, 1.54) is 51.4 Å². The molecule has 0 bridgehead atoms. The van der Waals surface area contributed by atoms with Gasteiger partial charge < -0.3 is 5.11 Å². The van der Waals surface area contributed by atoms with Crippen LogP contribution in [-0.2, 0) is 0 Å². The highest BCUT2D eigenvalue weighted by atomic mass is 16.3. The van der Waals surface area contributed by atoms with Crippen molar-refractivity contribution in [3.8, 4) is 0 Å². The van der Waals surface area contributed by atoms with E-state index in [1.807, 2.05) is 0 Å². The third-order valence-electron chi connectivity index (χ3n) is 13.9. The summed E-state index contributed by atoms with van der Waals surface area (Å²) in [6.45, 7) is 20.4. The molecular weight excluding hydrogens is 388 g/mol. The van der Waals surface area contributed by atoms with Gasteiger partial charge in [0.15, 0.2) is 0 Å². The van der Waals surface area contributed by atoms with Crippen LogP contribution in [0, 0.1) is 75.4 Å². The fourth-order valence-electron chi connectivity index (χ4n) is 11.4. The molecule has 5 rings (SSSR count). The summed E-state index contributed by atoms with van der Waals surface area (Å²) in [5.41, 5.74) is 1.69. The van der Waals surface area contributed by atoms with E-state index < -0.39 is 0 Å². The standard InChI is InChI=1S/C31H54O/c1-18(2)21(5)31(8)17-27(31)19(3)23-11-12-25-22-9-10-24-20(4)28(32)14-16-30(24,7)26(22)13-15-29(23,25)6/h18-28,32H,9-17H2,1-8H3/t19-,20+,21-,22-,23-,24-,25+,26-,27-,28+,29-,30+,31-/m1/s1. The molecule has 0 aromatic rings. The predicted octanol–water partition coefficient (Wildman–Crippen LogP) is 8.21. The average molecular weight is 443 g/mol. The second-order valence-corrected chi connectivity index (χ2v) is 15.0. The Labute approximate surface area is 199 Å². The summed E-state index contributed by atoms with van der Waals surface area (Å²) in [4.78, 5) is 0. The lowest BCUT2D eigenvalue weighted by molar-refractivity contribution is -0.149. The van der Waals surface area contributed by atoms with Crippen molar-refractivity contribution in [2.45, 2.75) is 119 Å². The van der Waals surface area contributed by atoms with E-state index in [-0.39, 0.29) is 6.10 Å². The minimum absolute atomic E-state index is 0.0451. The molecule has 5 aliphatic rings. The summed E-state index contributed by atoms with van der Waals surface area (Å²) in [6.07, 6.45) is 12.6. The Morgan fingerprint density at radius 2 is 1.34 bits per heavy atom. The molecule has 0 amide bonds. The zero-order valence-electron chi connectivity index (χ0n) is 22.7. The van der Waals surface area contributed by atoms with Crippen molar-refractivity contribution in [3.63, 3.8) is 0 Å². The molecule has 0 spiro atoms. The summed E-state index contributed by atoms with van der Waals surface area (Å²) >= 11 is 0. The van der Waals surface area contributed by atoms with Gasteiger partial charge in [0, 0.05) is 0 Å². The highest BCUT2D eigenvalue weighted by molar-refractivity contribution is 5.13. The van der Waals surface area contributed by atoms with Crippen molar-refractivity contribution in [1.82, 2.24) is 0 Å². The third kappa shape index (κ3) is 3.18. The quantitative estimate of drug-likeness (QED) is 0.465. The van der Waals surface area contributed by atoms with Crippen LogP contribution in [0.1, 0.15) is 113 Å². The minimum atomic E-state index is -0.0451. The molecular formula is C31H54O. The maximum Gasteiger partial charge on any atom is 0.0568 e. The monoisotopic (exact) mass is 442 g/mol. The van der Waals surface area contributed by atoms with E-state index in [4.69, 9.17) is 0 Å². The van der Waals surface area contributed by atoms with E-state index in [0.29, 0.717) is 22.2 Å². The van der Waals surface area contributed by atoms with Gasteiger partial charge in [-0.15, -0.1) is 0 Å². The molecule has 0 heterocycles. The summed E-state index contributed by atoms with van der Waals surface area (Å²) in [6, 6.07) is 0. The molecule has 0 unspecified atom stereocenters. The number of hydrogen-bond acceptors (Lipinski definition) is 1. The lowest BCUT2D eigenvalue weighted by Crippen LogP contribution is -2.56. The van der Waals surface area contributed by atoms with Crippen molar-refractivity contribution in [2.75, 3.05) is 0 Å². The average Bonchev–Trinajstić information content (AvgIpc) is 3.31. The van der Waals surface area contributed by atoms with Crippen molar-refractivity contribution in [1.29, 1.82) is 0 Å². The molecule has 5 fully saturated rings. The van der Waals surface area contributed by atoms with Crippen LogP contribution >= 0.6 is 0 Å². The Bertz CT molecular complexity index is 713. The van der Waals surface area contributed by atoms with Crippen LogP contribution in [0.2, 0.25) is 0 Å². The van der Waals surface area contributed by atoms with Gasteiger partial charge in [0.1, 0.15) is 0 Å². The number of hydrogen-bond donors (Lipinski definition) is 1. The van der Waals surface area contributed by atoms with E-state index in [2.05, 4.69) is 55.4 Å². The molecule has 32 heavy (non-hydrogen) atoms. The van der Waals surface area contributed by atoms with Gasteiger partial charge in [-0.1, -0.05) is 55.4 Å².